The standard InChI is InChI=1S/C16H21N3O3/c1-2-3-9-17-14(20)11-19-15(21)13(18-16(19)22)10-12-7-5-4-6-8-12/h4-8,13H,2-3,9-11H2,1H3,(H,17,20)(H,18,22)/t13-/m1/s1. The number of carbonyl (C=O) groups excluding carboxylic acids is 3. The summed E-state index contributed by atoms with van der Waals surface area (Å²) in [6.45, 7) is 2.36. The molecule has 0 unspecified atom stereocenters. The van der Waals surface area contributed by atoms with Crippen molar-refractivity contribution >= 4 is 17.8 Å². The number of amides is 4. The average molecular weight is 303 g/mol. The Morgan fingerprint density at radius 1 is 1.27 bits per heavy atom. The maximum Gasteiger partial charge on any atom is 0.325 e. The molecule has 1 saturated heterocycles. The first kappa shape index (κ1) is 16.0. The largest absolute Gasteiger partial charge is 0.355 e. The van der Waals surface area contributed by atoms with Gasteiger partial charge in [-0.05, 0) is 12.0 Å². The Bertz CT molecular complexity index is 545. The molecule has 2 rings (SSSR count). The number of nitrogens with zero attached hydrogens (tertiary/aromatic N) is 1. The van der Waals surface area contributed by atoms with Crippen LogP contribution in [0.2, 0.25) is 0 Å². The zero-order valence-corrected chi connectivity index (χ0v) is 12.7. The highest BCUT2D eigenvalue weighted by molar-refractivity contribution is 6.06. The predicted octanol–water partition coefficient (Wildman–Crippen LogP) is 1.07. The number of imide groups is 1. The number of urea groups is 1. The Hall–Kier alpha value is -2.37. The van der Waals surface area contributed by atoms with E-state index in [2.05, 4.69) is 10.6 Å². The molecule has 1 fully saturated rings. The summed E-state index contributed by atoms with van der Waals surface area (Å²) in [7, 11) is 0. The van der Waals surface area contributed by atoms with Crippen molar-refractivity contribution in [3.8, 4) is 0 Å². The molecule has 0 bridgehead atoms. The molecule has 0 spiro atoms. The van der Waals surface area contributed by atoms with Crippen LogP contribution >= 0.6 is 0 Å². The lowest BCUT2D eigenvalue weighted by atomic mass is 10.1. The summed E-state index contributed by atoms with van der Waals surface area (Å²) in [6, 6.07) is 8.37. The van der Waals surface area contributed by atoms with E-state index >= 15 is 0 Å². The number of carbonyl (C=O) groups is 3. The maximum absolute atomic E-state index is 12.2. The highest BCUT2D eigenvalue weighted by Gasteiger charge is 2.38. The normalized spacial score (nSPS) is 17.5. The monoisotopic (exact) mass is 303 g/mol. The number of rotatable bonds is 7. The van der Waals surface area contributed by atoms with Crippen LogP contribution in [0, 0.1) is 0 Å². The van der Waals surface area contributed by atoms with E-state index < -0.39 is 12.1 Å². The van der Waals surface area contributed by atoms with E-state index in [1.54, 1.807) is 0 Å². The first-order valence-electron chi connectivity index (χ1n) is 7.54. The minimum atomic E-state index is -0.599. The van der Waals surface area contributed by atoms with Crippen LogP contribution in [0.15, 0.2) is 30.3 Å². The van der Waals surface area contributed by atoms with Crippen molar-refractivity contribution in [3.05, 3.63) is 35.9 Å². The molecule has 118 valence electrons. The van der Waals surface area contributed by atoms with Crippen molar-refractivity contribution in [2.75, 3.05) is 13.1 Å². The van der Waals surface area contributed by atoms with Crippen LogP contribution < -0.4 is 10.6 Å². The lowest BCUT2D eigenvalue weighted by molar-refractivity contribution is -0.132. The van der Waals surface area contributed by atoms with Crippen molar-refractivity contribution < 1.29 is 14.4 Å². The van der Waals surface area contributed by atoms with E-state index in [1.807, 2.05) is 37.3 Å². The Balaban J connectivity index is 1.90. The second-order valence-corrected chi connectivity index (χ2v) is 5.32. The number of hydrogen-bond acceptors (Lipinski definition) is 3. The van der Waals surface area contributed by atoms with Crippen LogP contribution in [0.3, 0.4) is 0 Å². The molecule has 0 radical (unpaired) electrons. The third-order valence-corrected chi connectivity index (χ3v) is 3.54. The fraction of sp³-hybridized carbons (Fsp3) is 0.438. The third kappa shape index (κ3) is 4.07. The molecule has 6 heteroatoms. The fourth-order valence-corrected chi connectivity index (χ4v) is 2.32. The maximum atomic E-state index is 12.2. The fourth-order valence-electron chi connectivity index (χ4n) is 2.32. The summed E-state index contributed by atoms with van der Waals surface area (Å²) in [4.78, 5) is 36.8. The molecule has 1 aliphatic rings. The van der Waals surface area contributed by atoms with E-state index in [9.17, 15) is 14.4 Å². The molecular weight excluding hydrogens is 282 g/mol. The molecule has 1 aromatic carbocycles. The Kier molecular flexibility index (Phi) is 5.52. The Morgan fingerprint density at radius 3 is 2.68 bits per heavy atom. The van der Waals surface area contributed by atoms with Crippen molar-refractivity contribution in [3.63, 3.8) is 0 Å². The lowest BCUT2D eigenvalue weighted by Crippen LogP contribution is -2.41. The van der Waals surface area contributed by atoms with Gasteiger partial charge in [-0.25, -0.2) is 4.79 Å². The van der Waals surface area contributed by atoms with Crippen LogP contribution in [0.25, 0.3) is 0 Å². The number of unbranched alkanes of at least 4 members (excludes halogenated alkanes) is 1. The molecule has 1 heterocycles. The van der Waals surface area contributed by atoms with Gasteiger partial charge in [-0.3, -0.25) is 14.5 Å². The summed E-state index contributed by atoms with van der Waals surface area (Å²) in [5, 5.41) is 5.34. The number of nitrogens with one attached hydrogen (secondary N) is 2. The number of benzene rings is 1. The molecule has 0 aromatic heterocycles. The molecule has 0 saturated carbocycles. The second-order valence-electron chi connectivity index (χ2n) is 5.32. The summed E-state index contributed by atoms with van der Waals surface area (Å²) in [5.41, 5.74) is 0.968. The summed E-state index contributed by atoms with van der Waals surface area (Å²) in [5.74, 6) is -0.656. The van der Waals surface area contributed by atoms with E-state index in [4.69, 9.17) is 0 Å². The van der Waals surface area contributed by atoms with Gasteiger partial charge in [-0.1, -0.05) is 43.7 Å². The van der Waals surface area contributed by atoms with E-state index in [-0.39, 0.29) is 18.4 Å². The van der Waals surface area contributed by atoms with Crippen molar-refractivity contribution in [2.45, 2.75) is 32.2 Å². The van der Waals surface area contributed by atoms with Gasteiger partial charge in [0.15, 0.2) is 0 Å². The highest BCUT2D eigenvalue weighted by Crippen LogP contribution is 2.11. The molecule has 4 amide bonds. The zero-order chi connectivity index (χ0) is 15.9. The zero-order valence-electron chi connectivity index (χ0n) is 12.7. The van der Waals surface area contributed by atoms with E-state index in [0.29, 0.717) is 13.0 Å². The molecular formula is C16H21N3O3. The number of hydrogen-bond donors (Lipinski definition) is 2. The van der Waals surface area contributed by atoms with Gasteiger partial charge in [0.2, 0.25) is 5.91 Å². The van der Waals surface area contributed by atoms with Gasteiger partial charge < -0.3 is 10.6 Å². The summed E-state index contributed by atoms with van der Waals surface area (Å²) < 4.78 is 0. The van der Waals surface area contributed by atoms with Crippen LogP contribution in [0.5, 0.6) is 0 Å². The SMILES string of the molecule is CCCCNC(=O)CN1C(=O)N[C@H](Cc2ccccc2)C1=O. The topological polar surface area (TPSA) is 78.5 Å². The second kappa shape index (κ2) is 7.59. The average Bonchev–Trinajstić information content (AvgIpc) is 2.76. The smallest absolute Gasteiger partial charge is 0.325 e. The van der Waals surface area contributed by atoms with Gasteiger partial charge in [0.25, 0.3) is 5.91 Å². The molecule has 1 aromatic rings. The van der Waals surface area contributed by atoms with E-state index in [1.165, 1.54) is 0 Å². The molecule has 2 N–H and O–H groups in total. The Morgan fingerprint density at radius 2 is 2.00 bits per heavy atom. The first-order chi connectivity index (χ1) is 10.6. The molecule has 0 aliphatic carbocycles. The van der Waals surface area contributed by atoms with Crippen LogP contribution in [0.4, 0.5) is 4.79 Å². The van der Waals surface area contributed by atoms with Gasteiger partial charge in [-0.2, -0.15) is 0 Å². The molecule has 22 heavy (non-hydrogen) atoms. The lowest BCUT2D eigenvalue weighted by Gasteiger charge is -2.13. The van der Waals surface area contributed by atoms with Gasteiger partial charge >= 0.3 is 6.03 Å². The Labute approximate surface area is 129 Å². The highest BCUT2D eigenvalue weighted by atomic mass is 16.2. The summed E-state index contributed by atoms with van der Waals surface area (Å²) in [6.07, 6.45) is 2.28. The van der Waals surface area contributed by atoms with Gasteiger partial charge in [-0.15, -0.1) is 0 Å². The van der Waals surface area contributed by atoms with Crippen LogP contribution in [-0.2, 0) is 16.0 Å². The molecule has 6 nitrogen and oxygen atoms in total. The van der Waals surface area contributed by atoms with Crippen LogP contribution in [0.1, 0.15) is 25.3 Å². The minimum Gasteiger partial charge on any atom is -0.355 e. The van der Waals surface area contributed by atoms with Gasteiger partial charge in [0.05, 0.1) is 0 Å². The third-order valence-electron chi connectivity index (χ3n) is 3.54. The minimum absolute atomic E-state index is 0.223. The van der Waals surface area contributed by atoms with Crippen LogP contribution in [-0.4, -0.2) is 41.9 Å². The van der Waals surface area contributed by atoms with Gasteiger partial charge in [0.1, 0.15) is 12.6 Å². The quantitative estimate of drug-likeness (QED) is 0.584. The molecule has 1 aliphatic heterocycles. The van der Waals surface area contributed by atoms with Crippen molar-refractivity contribution in [1.82, 2.24) is 15.5 Å². The van der Waals surface area contributed by atoms with E-state index in [0.717, 1.165) is 23.3 Å². The van der Waals surface area contributed by atoms with Gasteiger partial charge in [0, 0.05) is 13.0 Å². The van der Waals surface area contributed by atoms with Crippen molar-refractivity contribution in [1.29, 1.82) is 0 Å². The van der Waals surface area contributed by atoms with Crippen molar-refractivity contribution in [2.24, 2.45) is 0 Å². The predicted molar refractivity (Wildman–Crippen MR) is 82.1 cm³/mol. The summed E-state index contributed by atoms with van der Waals surface area (Å²) >= 11 is 0. The molecule has 1 atom stereocenters. The first-order valence-corrected chi connectivity index (χ1v) is 7.54.